The van der Waals surface area contributed by atoms with Gasteiger partial charge in [0.2, 0.25) is 0 Å². The van der Waals surface area contributed by atoms with Gasteiger partial charge in [0, 0.05) is 16.6 Å². The SMILES string of the molecule is Cc1ccc(OCCCCn2c(CNC(=O)c3ccc(Br)cc3)nc3ccccc32)cc1. The number of nitrogens with zero attached hydrogens (tertiary/aromatic N) is 2. The Kier molecular flexibility index (Phi) is 7.22. The first-order valence-electron chi connectivity index (χ1n) is 10.8. The van der Waals surface area contributed by atoms with Crippen LogP contribution in [0.5, 0.6) is 5.75 Å². The van der Waals surface area contributed by atoms with Crippen LogP contribution in [0.4, 0.5) is 0 Å². The van der Waals surface area contributed by atoms with Gasteiger partial charge in [0.1, 0.15) is 11.6 Å². The number of hydrogen-bond acceptors (Lipinski definition) is 3. The van der Waals surface area contributed by atoms with Crippen LogP contribution in [0.15, 0.2) is 77.3 Å². The van der Waals surface area contributed by atoms with Crippen LogP contribution >= 0.6 is 15.9 Å². The van der Waals surface area contributed by atoms with E-state index in [9.17, 15) is 4.79 Å². The molecule has 0 atom stereocenters. The average Bonchev–Trinajstić information content (AvgIpc) is 3.16. The van der Waals surface area contributed by atoms with Gasteiger partial charge in [-0.25, -0.2) is 4.98 Å². The quantitative estimate of drug-likeness (QED) is 0.296. The number of carbonyl (C=O) groups is 1. The fourth-order valence-corrected chi connectivity index (χ4v) is 3.83. The number of fused-ring (bicyclic) bond motifs is 1. The lowest BCUT2D eigenvalue weighted by molar-refractivity contribution is 0.0949. The molecule has 3 aromatic carbocycles. The number of para-hydroxylation sites is 2. The lowest BCUT2D eigenvalue weighted by Gasteiger charge is -2.11. The lowest BCUT2D eigenvalue weighted by Crippen LogP contribution is -2.24. The minimum absolute atomic E-state index is 0.109. The second-order valence-electron chi connectivity index (χ2n) is 7.73. The van der Waals surface area contributed by atoms with Crippen molar-refractivity contribution in [2.24, 2.45) is 0 Å². The van der Waals surface area contributed by atoms with Gasteiger partial charge < -0.3 is 14.6 Å². The summed E-state index contributed by atoms with van der Waals surface area (Å²) < 4.78 is 8.99. The van der Waals surface area contributed by atoms with Crippen LogP contribution < -0.4 is 10.1 Å². The normalized spacial score (nSPS) is 10.9. The Hall–Kier alpha value is -3.12. The molecular weight excluding hydrogens is 466 g/mol. The lowest BCUT2D eigenvalue weighted by atomic mass is 10.2. The summed E-state index contributed by atoms with van der Waals surface area (Å²) in [7, 11) is 0. The molecule has 0 aliphatic rings. The smallest absolute Gasteiger partial charge is 0.251 e. The van der Waals surface area contributed by atoms with E-state index in [0.29, 0.717) is 18.7 Å². The summed E-state index contributed by atoms with van der Waals surface area (Å²) in [5, 5.41) is 3.00. The van der Waals surface area contributed by atoms with Crippen LogP contribution in [-0.4, -0.2) is 22.1 Å². The van der Waals surface area contributed by atoms with Crippen LogP contribution in [0.2, 0.25) is 0 Å². The van der Waals surface area contributed by atoms with Gasteiger partial charge >= 0.3 is 0 Å². The number of benzene rings is 3. The zero-order chi connectivity index (χ0) is 22.3. The van der Waals surface area contributed by atoms with E-state index in [0.717, 1.165) is 46.5 Å². The third kappa shape index (κ3) is 5.56. The monoisotopic (exact) mass is 491 g/mol. The van der Waals surface area contributed by atoms with E-state index >= 15 is 0 Å². The first-order valence-corrected chi connectivity index (χ1v) is 11.6. The van der Waals surface area contributed by atoms with Gasteiger partial charge in [0.15, 0.2) is 0 Å². The molecule has 0 aliphatic carbocycles. The second kappa shape index (κ2) is 10.5. The Labute approximate surface area is 196 Å². The third-order valence-electron chi connectivity index (χ3n) is 5.31. The summed E-state index contributed by atoms with van der Waals surface area (Å²) in [6.07, 6.45) is 1.89. The van der Waals surface area contributed by atoms with E-state index < -0.39 is 0 Å². The third-order valence-corrected chi connectivity index (χ3v) is 5.84. The van der Waals surface area contributed by atoms with Crippen molar-refractivity contribution in [2.75, 3.05) is 6.61 Å². The van der Waals surface area contributed by atoms with E-state index in [1.54, 1.807) is 12.1 Å². The van der Waals surface area contributed by atoms with Crippen LogP contribution in [0, 0.1) is 6.92 Å². The first kappa shape index (κ1) is 22.1. The maximum Gasteiger partial charge on any atom is 0.251 e. The highest BCUT2D eigenvalue weighted by molar-refractivity contribution is 9.10. The number of unbranched alkanes of at least 4 members (excludes halogenated alkanes) is 1. The van der Waals surface area contributed by atoms with Crippen LogP contribution in [0.25, 0.3) is 11.0 Å². The summed E-state index contributed by atoms with van der Waals surface area (Å²) in [4.78, 5) is 17.3. The van der Waals surface area contributed by atoms with E-state index in [-0.39, 0.29) is 5.91 Å². The highest BCUT2D eigenvalue weighted by Gasteiger charge is 2.12. The number of aromatic nitrogens is 2. The average molecular weight is 492 g/mol. The van der Waals surface area contributed by atoms with Gasteiger partial charge in [-0.1, -0.05) is 45.8 Å². The van der Waals surface area contributed by atoms with Crippen LogP contribution in [0.3, 0.4) is 0 Å². The van der Waals surface area contributed by atoms with Crippen molar-refractivity contribution in [3.8, 4) is 5.75 Å². The van der Waals surface area contributed by atoms with Crippen molar-refractivity contribution in [1.82, 2.24) is 14.9 Å². The maximum atomic E-state index is 12.5. The molecule has 1 aromatic heterocycles. The Morgan fingerprint density at radius 1 is 1.00 bits per heavy atom. The Morgan fingerprint density at radius 3 is 2.53 bits per heavy atom. The minimum Gasteiger partial charge on any atom is -0.494 e. The molecule has 0 fully saturated rings. The van der Waals surface area contributed by atoms with Crippen molar-refractivity contribution < 1.29 is 9.53 Å². The van der Waals surface area contributed by atoms with E-state index in [1.807, 2.05) is 42.5 Å². The molecule has 0 aliphatic heterocycles. The number of ether oxygens (including phenoxy) is 1. The topological polar surface area (TPSA) is 56.1 Å². The number of nitrogens with one attached hydrogen (secondary N) is 1. The van der Waals surface area contributed by atoms with E-state index in [1.165, 1.54) is 5.56 Å². The largest absolute Gasteiger partial charge is 0.494 e. The highest BCUT2D eigenvalue weighted by Crippen LogP contribution is 2.18. The van der Waals surface area contributed by atoms with Crippen molar-refractivity contribution >= 4 is 32.9 Å². The molecule has 0 unspecified atom stereocenters. The molecule has 4 aromatic rings. The Bertz CT molecular complexity index is 1180. The van der Waals surface area contributed by atoms with Gasteiger partial charge in [-0.05, 0) is 68.3 Å². The summed E-state index contributed by atoms with van der Waals surface area (Å²) in [6, 6.07) is 23.5. The second-order valence-corrected chi connectivity index (χ2v) is 8.64. The van der Waals surface area contributed by atoms with Crippen LogP contribution in [-0.2, 0) is 13.1 Å². The van der Waals surface area contributed by atoms with Crippen molar-refractivity contribution in [2.45, 2.75) is 32.9 Å². The molecule has 164 valence electrons. The Morgan fingerprint density at radius 2 is 1.75 bits per heavy atom. The fraction of sp³-hybridized carbons (Fsp3) is 0.231. The number of amides is 1. The maximum absolute atomic E-state index is 12.5. The molecule has 1 amide bonds. The van der Waals surface area contributed by atoms with Crippen molar-refractivity contribution in [3.63, 3.8) is 0 Å². The van der Waals surface area contributed by atoms with Gasteiger partial charge in [-0.15, -0.1) is 0 Å². The van der Waals surface area contributed by atoms with Gasteiger partial charge in [0.25, 0.3) is 5.91 Å². The minimum atomic E-state index is -0.109. The molecule has 32 heavy (non-hydrogen) atoms. The molecule has 0 saturated heterocycles. The molecule has 1 N–H and O–H groups in total. The molecule has 0 bridgehead atoms. The number of rotatable bonds is 9. The van der Waals surface area contributed by atoms with Crippen molar-refractivity contribution in [1.29, 1.82) is 0 Å². The zero-order valence-electron chi connectivity index (χ0n) is 18.1. The van der Waals surface area contributed by atoms with E-state index in [2.05, 4.69) is 50.9 Å². The fourth-order valence-electron chi connectivity index (χ4n) is 3.57. The van der Waals surface area contributed by atoms with Crippen LogP contribution in [0.1, 0.15) is 34.6 Å². The summed E-state index contributed by atoms with van der Waals surface area (Å²) >= 11 is 3.40. The first-order chi connectivity index (χ1) is 15.6. The summed E-state index contributed by atoms with van der Waals surface area (Å²) in [5.74, 6) is 1.65. The molecule has 5 nitrogen and oxygen atoms in total. The van der Waals surface area contributed by atoms with Gasteiger partial charge in [0.05, 0.1) is 24.2 Å². The molecule has 1 heterocycles. The number of hydrogen-bond donors (Lipinski definition) is 1. The Balaban J connectivity index is 1.37. The predicted molar refractivity (Wildman–Crippen MR) is 131 cm³/mol. The van der Waals surface area contributed by atoms with E-state index in [4.69, 9.17) is 9.72 Å². The highest BCUT2D eigenvalue weighted by atomic mass is 79.9. The predicted octanol–water partition coefficient (Wildman–Crippen LogP) is 5.90. The molecule has 6 heteroatoms. The standard InChI is InChI=1S/C26H26BrN3O2/c1-19-8-14-22(15-9-19)32-17-5-4-16-30-24-7-3-2-6-23(24)29-25(30)18-28-26(31)20-10-12-21(27)13-11-20/h2-3,6-15H,4-5,16-18H2,1H3,(H,28,31). The summed E-state index contributed by atoms with van der Waals surface area (Å²) in [6.45, 7) is 3.94. The van der Waals surface area contributed by atoms with Gasteiger partial charge in [-0.3, -0.25) is 4.79 Å². The molecule has 0 saturated carbocycles. The number of imidazole rings is 1. The molecular formula is C26H26BrN3O2. The number of halogens is 1. The molecule has 0 spiro atoms. The number of carbonyl (C=O) groups excluding carboxylic acids is 1. The van der Waals surface area contributed by atoms with Crippen molar-refractivity contribution in [3.05, 3.63) is 94.2 Å². The number of aryl methyl sites for hydroxylation is 2. The zero-order valence-corrected chi connectivity index (χ0v) is 19.6. The molecule has 0 radical (unpaired) electrons. The summed E-state index contributed by atoms with van der Waals surface area (Å²) in [5.41, 5.74) is 3.88. The van der Waals surface area contributed by atoms with Gasteiger partial charge in [-0.2, -0.15) is 0 Å². The molecule has 4 rings (SSSR count).